The van der Waals surface area contributed by atoms with E-state index in [1.807, 2.05) is 0 Å². The van der Waals surface area contributed by atoms with Crippen LogP contribution in [0.25, 0.3) is 22.4 Å². The Morgan fingerprint density at radius 2 is 1.93 bits per heavy atom. The maximum absolute atomic E-state index is 12.2. The summed E-state index contributed by atoms with van der Waals surface area (Å²) in [6.07, 6.45) is 4.17. The summed E-state index contributed by atoms with van der Waals surface area (Å²) in [5, 5.41) is 10.7. The molecule has 0 bridgehead atoms. The molecule has 3 aromatic heterocycles. The van der Waals surface area contributed by atoms with Crippen LogP contribution in [0.15, 0.2) is 76.3 Å². The van der Waals surface area contributed by atoms with E-state index in [4.69, 9.17) is 9.15 Å². The SMILES string of the molecule is O=C(Oc1cnc(-c2cc(=O)c3ccccc3o2)c(O)c1)c1cccnc1. The van der Waals surface area contributed by atoms with Gasteiger partial charge < -0.3 is 14.3 Å². The zero-order valence-corrected chi connectivity index (χ0v) is 13.8. The number of esters is 1. The number of rotatable bonds is 3. The van der Waals surface area contributed by atoms with Gasteiger partial charge in [-0.3, -0.25) is 9.78 Å². The van der Waals surface area contributed by atoms with Gasteiger partial charge in [0.25, 0.3) is 0 Å². The lowest BCUT2D eigenvalue weighted by Gasteiger charge is -2.07. The molecule has 0 aliphatic rings. The summed E-state index contributed by atoms with van der Waals surface area (Å²) in [7, 11) is 0. The number of fused-ring (bicyclic) bond motifs is 1. The average molecular weight is 360 g/mol. The van der Waals surface area contributed by atoms with E-state index >= 15 is 0 Å². The lowest BCUT2D eigenvalue weighted by Crippen LogP contribution is -2.09. The minimum atomic E-state index is -0.630. The Hall–Kier alpha value is -4.00. The number of aromatic nitrogens is 2. The Morgan fingerprint density at radius 3 is 2.70 bits per heavy atom. The first-order chi connectivity index (χ1) is 13.1. The summed E-state index contributed by atoms with van der Waals surface area (Å²) in [5.41, 5.74) is 0.467. The normalized spacial score (nSPS) is 10.7. The van der Waals surface area contributed by atoms with Gasteiger partial charge in [0, 0.05) is 24.5 Å². The van der Waals surface area contributed by atoms with Crippen molar-refractivity contribution < 1.29 is 19.1 Å². The van der Waals surface area contributed by atoms with Crippen LogP contribution in [0.5, 0.6) is 11.5 Å². The fraction of sp³-hybridized carbons (Fsp3) is 0. The van der Waals surface area contributed by atoms with E-state index < -0.39 is 5.97 Å². The van der Waals surface area contributed by atoms with Crippen molar-refractivity contribution in [3.63, 3.8) is 0 Å². The highest BCUT2D eigenvalue weighted by atomic mass is 16.5. The van der Waals surface area contributed by atoms with Gasteiger partial charge in [-0.15, -0.1) is 0 Å². The molecule has 3 heterocycles. The molecule has 0 radical (unpaired) electrons. The molecule has 1 N–H and O–H groups in total. The first-order valence-electron chi connectivity index (χ1n) is 7.96. The van der Waals surface area contributed by atoms with Crippen molar-refractivity contribution in [1.29, 1.82) is 0 Å². The summed E-state index contributed by atoms with van der Waals surface area (Å²) < 4.78 is 10.8. The van der Waals surface area contributed by atoms with Gasteiger partial charge in [0.1, 0.15) is 17.0 Å². The summed E-state index contributed by atoms with van der Waals surface area (Å²) in [6.45, 7) is 0. The molecular formula is C20H12N2O5. The first kappa shape index (κ1) is 16.5. The van der Waals surface area contributed by atoms with Crippen molar-refractivity contribution in [2.45, 2.75) is 0 Å². The van der Waals surface area contributed by atoms with Crippen LogP contribution >= 0.6 is 0 Å². The number of benzene rings is 1. The van der Waals surface area contributed by atoms with Crippen LogP contribution in [0.2, 0.25) is 0 Å². The lowest BCUT2D eigenvalue weighted by atomic mass is 10.2. The number of carbonyl (C=O) groups is 1. The Labute approximate surface area is 152 Å². The molecular weight excluding hydrogens is 348 g/mol. The Balaban J connectivity index is 1.66. The molecule has 132 valence electrons. The van der Waals surface area contributed by atoms with Gasteiger partial charge in [0.2, 0.25) is 0 Å². The summed E-state index contributed by atoms with van der Waals surface area (Å²) >= 11 is 0. The fourth-order valence-corrected chi connectivity index (χ4v) is 2.55. The third-order valence-corrected chi connectivity index (χ3v) is 3.82. The molecule has 0 atom stereocenters. The first-order valence-corrected chi connectivity index (χ1v) is 7.96. The van der Waals surface area contributed by atoms with Crippen molar-refractivity contribution >= 4 is 16.9 Å². The number of carbonyl (C=O) groups excluding carboxylic acids is 1. The zero-order chi connectivity index (χ0) is 18.8. The average Bonchev–Trinajstić information content (AvgIpc) is 2.69. The third-order valence-electron chi connectivity index (χ3n) is 3.82. The van der Waals surface area contributed by atoms with E-state index in [2.05, 4.69) is 9.97 Å². The predicted molar refractivity (Wildman–Crippen MR) is 96.6 cm³/mol. The smallest absolute Gasteiger partial charge is 0.345 e. The van der Waals surface area contributed by atoms with E-state index in [1.165, 1.54) is 30.7 Å². The van der Waals surface area contributed by atoms with Crippen molar-refractivity contribution in [3.05, 3.63) is 82.9 Å². The topological polar surface area (TPSA) is 103 Å². The number of nitrogens with zero attached hydrogens (tertiary/aromatic N) is 2. The van der Waals surface area contributed by atoms with Crippen LogP contribution in [0.4, 0.5) is 0 Å². The molecule has 0 amide bonds. The van der Waals surface area contributed by atoms with Crippen LogP contribution in [0.3, 0.4) is 0 Å². The molecule has 0 aliphatic carbocycles. The monoisotopic (exact) mass is 360 g/mol. The summed E-state index contributed by atoms with van der Waals surface area (Å²) in [4.78, 5) is 32.2. The van der Waals surface area contributed by atoms with E-state index in [9.17, 15) is 14.7 Å². The molecule has 0 spiro atoms. The molecule has 4 rings (SSSR count). The molecule has 0 saturated carbocycles. The van der Waals surface area contributed by atoms with Crippen LogP contribution in [-0.2, 0) is 0 Å². The van der Waals surface area contributed by atoms with E-state index in [0.717, 1.165) is 0 Å². The Kier molecular flexibility index (Phi) is 4.10. The van der Waals surface area contributed by atoms with E-state index in [-0.39, 0.29) is 33.9 Å². The molecule has 7 nitrogen and oxygen atoms in total. The number of para-hydroxylation sites is 1. The quantitative estimate of drug-likeness (QED) is 0.560. The van der Waals surface area contributed by atoms with E-state index in [1.54, 1.807) is 36.4 Å². The molecule has 7 heteroatoms. The lowest BCUT2D eigenvalue weighted by molar-refractivity contribution is 0.0733. The van der Waals surface area contributed by atoms with E-state index in [0.29, 0.717) is 11.0 Å². The highest BCUT2D eigenvalue weighted by molar-refractivity contribution is 5.90. The van der Waals surface area contributed by atoms with Crippen molar-refractivity contribution in [2.75, 3.05) is 0 Å². The number of hydrogen-bond acceptors (Lipinski definition) is 7. The van der Waals surface area contributed by atoms with Crippen LogP contribution in [0, 0.1) is 0 Å². The van der Waals surface area contributed by atoms with Crippen molar-refractivity contribution in [3.8, 4) is 23.0 Å². The zero-order valence-electron chi connectivity index (χ0n) is 13.8. The van der Waals surface area contributed by atoms with Crippen LogP contribution in [0.1, 0.15) is 10.4 Å². The highest BCUT2D eigenvalue weighted by Gasteiger charge is 2.15. The van der Waals surface area contributed by atoms with Gasteiger partial charge in [-0.25, -0.2) is 9.78 Å². The number of hydrogen-bond donors (Lipinski definition) is 1. The standard InChI is InChI=1S/C20H12N2O5/c23-15-9-18(27-17-6-2-1-5-14(15)17)19-16(24)8-13(11-22-19)26-20(25)12-4-3-7-21-10-12/h1-11,24H. The maximum atomic E-state index is 12.2. The molecule has 0 aliphatic heterocycles. The number of ether oxygens (including phenoxy) is 1. The van der Waals surface area contributed by atoms with Gasteiger partial charge in [-0.2, -0.15) is 0 Å². The van der Waals surface area contributed by atoms with Gasteiger partial charge in [0.15, 0.2) is 16.9 Å². The Morgan fingerprint density at radius 1 is 1.07 bits per heavy atom. The van der Waals surface area contributed by atoms with Gasteiger partial charge >= 0.3 is 5.97 Å². The second-order valence-electron chi connectivity index (χ2n) is 5.64. The molecule has 0 unspecified atom stereocenters. The largest absolute Gasteiger partial charge is 0.505 e. The predicted octanol–water partition coefficient (Wildman–Crippen LogP) is 3.17. The van der Waals surface area contributed by atoms with Crippen molar-refractivity contribution in [1.82, 2.24) is 9.97 Å². The molecule has 27 heavy (non-hydrogen) atoms. The third kappa shape index (κ3) is 3.25. The summed E-state index contributed by atoms with van der Waals surface area (Å²) in [6, 6.07) is 12.4. The minimum absolute atomic E-state index is 0.0493. The number of pyridine rings is 2. The molecule has 1 aromatic carbocycles. The van der Waals surface area contributed by atoms with Crippen LogP contribution < -0.4 is 10.2 Å². The van der Waals surface area contributed by atoms with Gasteiger partial charge in [-0.1, -0.05) is 12.1 Å². The minimum Gasteiger partial charge on any atom is -0.505 e. The molecule has 0 saturated heterocycles. The summed E-state index contributed by atoms with van der Waals surface area (Å²) in [5.74, 6) is -0.756. The molecule has 4 aromatic rings. The van der Waals surface area contributed by atoms with Gasteiger partial charge in [0.05, 0.1) is 17.1 Å². The Bertz CT molecular complexity index is 1200. The van der Waals surface area contributed by atoms with Gasteiger partial charge in [-0.05, 0) is 24.3 Å². The maximum Gasteiger partial charge on any atom is 0.345 e. The highest BCUT2D eigenvalue weighted by Crippen LogP contribution is 2.31. The van der Waals surface area contributed by atoms with Crippen molar-refractivity contribution in [2.24, 2.45) is 0 Å². The second-order valence-corrected chi connectivity index (χ2v) is 5.64. The molecule has 0 fully saturated rings. The second kappa shape index (κ2) is 6.72. The van der Waals surface area contributed by atoms with Crippen LogP contribution in [-0.4, -0.2) is 21.0 Å². The number of aromatic hydroxyl groups is 1. The fourth-order valence-electron chi connectivity index (χ4n) is 2.55.